The fourth-order valence-electron chi connectivity index (χ4n) is 5.25. The Morgan fingerprint density at radius 2 is 1.54 bits per heavy atom. The van der Waals surface area contributed by atoms with E-state index >= 15 is 0 Å². The molecule has 35 heavy (non-hydrogen) atoms. The third-order valence-corrected chi connectivity index (χ3v) is 9.55. The summed E-state index contributed by atoms with van der Waals surface area (Å²) in [6.45, 7) is 3.81. The summed E-state index contributed by atoms with van der Waals surface area (Å²) < 4.78 is 31.0. The summed E-state index contributed by atoms with van der Waals surface area (Å²) in [5.74, 6) is -0.0820. The molecule has 186 valence electrons. The van der Waals surface area contributed by atoms with E-state index in [2.05, 4.69) is 0 Å². The average Bonchev–Trinajstić information content (AvgIpc) is 3.70. The number of carbonyl (C=O) groups is 2. The number of benzene rings is 2. The molecule has 2 aliphatic carbocycles. The summed E-state index contributed by atoms with van der Waals surface area (Å²) in [4.78, 5) is 29.4. The number of rotatable bonds is 4. The van der Waals surface area contributed by atoms with E-state index in [9.17, 15) is 18.0 Å². The Bertz CT molecular complexity index is 1230. The van der Waals surface area contributed by atoms with Gasteiger partial charge in [-0.25, -0.2) is 13.2 Å². The molecule has 8 heteroatoms. The highest BCUT2D eigenvalue weighted by Gasteiger charge is 2.37. The summed E-state index contributed by atoms with van der Waals surface area (Å²) in [6.07, 6.45) is 6.10. The van der Waals surface area contributed by atoms with E-state index in [-0.39, 0.29) is 29.4 Å². The van der Waals surface area contributed by atoms with Gasteiger partial charge in [-0.3, -0.25) is 9.69 Å². The molecule has 0 radical (unpaired) electrons. The van der Waals surface area contributed by atoms with Crippen molar-refractivity contribution in [2.24, 2.45) is 0 Å². The molecular formula is C27H32N2O5S. The van der Waals surface area contributed by atoms with Gasteiger partial charge < -0.3 is 9.64 Å². The molecule has 1 heterocycles. The van der Waals surface area contributed by atoms with Crippen LogP contribution in [0.4, 0.5) is 16.2 Å². The first-order valence-corrected chi connectivity index (χ1v) is 14.1. The molecule has 0 N–H and O–H groups in total. The SMILES string of the molecule is CC(=O)N1c2ccc(-c3ccc(S(=O)(=O)C4CC4)cc3)cc2N(C(=O)OC2CCCCC2)CC1C. The van der Waals surface area contributed by atoms with Crippen LogP contribution in [-0.2, 0) is 19.4 Å². The zero-order valence-electron chi connectivity index (χ0n) is 20.3. The lowest BCUT2D eigenvalue weighted by Gasteiger charge is -2.41. The minimum atomic E-state index is -3.25. The quantitative estimate of drug-likeness (QED) is 0.572. The summed E-state index contributed by atoms with van der Waals surface area (Å²) in [5.41, 5.74) is 2.99. The van der Waals surface area contributed by atoms with Crippen LogP contribution in [0.3, 0.4) is 0 Å². The first-order chi connectivity index (χ1) is 16.8. The minimum Gasteiger partial charge on any atom is -0.446 e. The largest absolute Gasteiger partial charge is 0.446 e. The van der Waals surface area contributed by atoms with Gasteiger partial charge in [0.25, 0.3) is 0 Å². The average molecular weight is 497 g/mol. The molecule has 2 saturated carbocycles. The van der Waals surface area contributed by atoms with Crippen molar-refractivity contribution in [3.63, 3.8) is 0 Å². The molecule has 0 saturated heterocycles. The number of nitrogens with zero attached hydrogens (tertiary/aromatic N) is 2. The van der Waals surface area contributed by atoms with Gasteiger partial charge in [0.15, 0.2) is 9.84 Å². The molecule has 5 rings (SSSR count). The summed E-state index contributed by atoms with van der Waals surface area (Å²) in [7, 11) is -3.25. The number of sulfone groups is 1. The predicted octanol–water partition coefficient (Wildman–Crippen LogP) is 5.32. The molecule has 0 aromatic heterocycles. The third kappa shape index (κ3) is 4.68. The van der Waals surface area contributed by atoms with Crippen LogP contribution in [0.1, 0.15) is 58.8 Å². The van der Waals surface area contributed by atoms with Crippen LogP contribution in [0.5, 0.6) is 0 Å². The van der Waals surface area contributed by atoms with Gasteiger partial charge in [0.05, 0.1) is 27.6 Å². The summed E-state index contributed by atoms with van der Waals surface area (Å²) in [6, 6.07) is 12.4. The maximum Gasteiger partial charge on any atom is 0.414 e. The van der Waals surface area contributed by atoms with Crippen molar-refractivity contribution in [3.05, 3.63) is 42.5 Å². The van der Waals surface area contributed by atoms with Gasteiger partial charge in [-0.15, -0.1) is 0 Å². The van der Waals surface area contributed by atoms with E-state index in [1.165, 1.54) is 13.3 Å². The monoisotopic (exact) mass is 496 g/mol. The Morgan fingerprint density at radius 1 is 0.886 bits per heavy atom. The molecule has 2 fully saturated rings. The maximum atomic E-state index is 13.3. The van der Waals surface area contributed by atoms with Crippen molar-refractivity contribution in [1.82, 2.24) is 0 Å². The first kappa shape index (κ1) is 23.9. The lowest BCUT2D eigenvalue weighted by atomic mass is 9.98. The Labute approximate surface area is 207 Å². The van der Waals surface area contributed by atoms with Gasteiger partial charge in [0.1, 0.15) is 6.10 Å². The lowest BCUT2D eigenvalue weighted by molar-refractivity contribution is -0.117. The number of anilines is 2. The Morgan fingerprint density at radius 3 is 2.17 bits per heavy atom. The van der Waals surface area contributed by atoms with Crippen LogP contribution in [0.15, 0.2) is 47.4 Å². The fourth-order valence-corrected chi connectivity index (χ4v) is 6.91. The number of amides is 2. The second kappa shape index (κ2) is 9.30. The first-order valence-electron chi connectivity index (χ1n) is 12.5. The normalized spacial score (nSPS) is 20.9. The molecule has 1 atom stereocenters. The van der Waals surface area contributed by atoms with Crippen LogP contribution in [-0.4, -0.2) is 44.4 Å². The maximum absolute atomic E-state index is 13.3. The zero-order valence-corrected chi connectivity index (χ0v) is 21.1. The number of hydrogen-bond donors (Lipinski definition) is 0. The molecule has 1 unspecified atom stereocenters. The van der Waals surface area contributed by atoms with Gasteiger partial charge in [-0.1, -0.05) is 24.6 Å². The minimum absolute atomic E-state index is 0.0648. The number of carbonyl (C=O) groups excluding carboxylic acids is 2. The Balaban J connectivity index is 1.47. The van der Waals surface area contributed by atoms with Crippen LogP contribution < -0.4 is 9.80 Å². The molecule has 2 aromatic rings. The molecule has 7 nitrogen and oxygen atoms in total. The van der Waals surface area contributed by atoms with Crippen molar-refractivity contribution in [2.45, 2.75) is 81.1 Å². The van der Waals surface area contributed by atoms with Gasteiger partial charge >= 0.3 is 6.09 Å². The lowest BCUT2D eigenvalue weighted by Crippen LogP contribution is -2.52. The highest BCUT2D eigenvalue weighted by Crippen LogP contribution is 2.40. The smallest absolute Gasteiger partial charge is 0.414 e. The van der Waals surface area contributed by atoms with Gasteiger partial charge in [0.2, 0.25) is 5.91 Å². The van der Waals surface area contributed by atoms with Crippen molar-refractivity contribution in [2.75, 3.05) is 16.3 Å². The van der Waals surface area contributed by atoms with Gasteiger partial charge in [0, 0.05) is 13.5 Å². The molecule has 0 bridgehead atoms. The van der Waals surface area contributed by atoms with Gasteiger partial charge in [-0.05, 0) is 80.8 Å². The van der Waals surface area contributed by atoms with Crippen LogP contribution in [0.25, 0.3) is 11.1 Å². The van der Waals surface area contributed by atoms with Crippen molar-refractivity contribution in [3.8, 4) is 11.1 Å². The number of ether oxygens (including phenoxy) is 1. The van der Waals surface area contributed by atoms with E-state index in [1.54, 1.807) is 34.1 Å². The third-order valence-electron chi connectivity index (χ3n) is 7.27. The molecule has 2 amide bonds. The van der Waals surface area contributed by atoms with E-state index < -0.39 is 9.84 Å². The van der Waals surface area contributed by atoms with Crippen molar-refractivity contribution in [1.29, 1.82) is 0 Å². The summed E-state index contributed by atoms with van der Waals surface area (Å²) >= 11 is 0. The topological polar surface area (TPSA) is 84.0 Å². The van der Waals surface area contributed by atoms with Crippen molar-refractivity contribution < 1.29 is 22.7 Å². The standard InChI is InChI=1S/C27H32N2O5S/c1-18-17-28(27(31)34-22-6-4-3-5-7-22)26-16-21(10-15-25(26)29(18)19(2)30)20-8-11-23(12-9-20)35(32,33)24-13-14-24/h8-12,15-16,18,22,24H,3-7,13-14,17H2,1-2H3. The second-order valence-corrected chi connectivity index (χ2v) is 12.2. The molecular weight excluding hydrogens is 464 g/mol. The van der Waals surface area contributed by atoms with Crippen LogP contribution in [0, 0.1) is 0 Å². The van der Waals surface area contributed by atoms with Gasteiger partial charge in [-0.2, -0.15) is 0 Å². The second-order valence-electron chi connectivity index (χ2n) is 9.96. The van der Waals surface area contributed by atoms with E-state index in [0.717, 1.165) is 49.7 Å². The van der Waals surface area contributed by atoms with E-state index in [1.807, 2.05) is 25.1 Å². The Kier molecular flexibility index (Phi) is 6.34. The van der Waals surface area contributed by atoms with Crippen LogP contribution in [0.2, 0.25) is 0 Å². The summed E-state index contributed by atoms with van der Waals surface area (Å²) in [5, 5.41) is -0.250. The molecule has 3 aliphatic rings. The highest BCUT2D eigenvalue weighted by atomic mass is 32.2. The molecule has 2 aromatic carbocycles. The van der Waals surface area contributed by atoms with E-state index in [4.69, 9.17) is 4.74 Å². The number of hydrogen-bond acceptors (Lipinski definition) is 5. The zero-order chi connectivity index (χ0) is 24.7. The van der Waals surface area contributed by atoms with Crippen LogP contribution >= 0.6 is 0 Å². The fraction of sp³-hybridized carbons (Fsp3) is 0.481. The van der Waals surface area contributed by atoms with E-state index in [0.29, 0.717) is 22.8 Å². The predicted molar refractivity (Wildman–Crippen MR) is 135 cm³/mol. The highest BCUT2D eigenvalue weighted by molar-refractivity contribution is 7.92. The Hall–Kier alpha value is -2.87. The number of fused-ring (bicyclic) bond motifs is 1. The molecule has 0 spiro atoms. The molecule has 1 aliphatic heterocycles. The van der Waals surface area contributed by atoms with Crippen molar-refractivity contribution >= 4 is 33.2 Å².